The number of ether oxygens (including phenoxy) is 2. The van der Waals surface area contributed by atoms with Crippen molar-refractivity contribution >= 4 is 11.6 Å². The van der Waals surface area contributed by atoms with Gasteiger partial charge in [0, 0.05) is 50.8 Å². The molecule has 0 N–H and O–H groups in total. The van der Waals surface area contributed by atoms with E-state index in [1.54, 1.807) is 19.2 Å². The van der Waals surface area contributed by atoms with Crippen LogP contribution in [0.2, 0.25) is 0 Å². The van der Waals surface area contributed by atoms with Crippen molar-refractivity contribution in [3.8, 4) is 6.07 Å². The van der Waals surface area contributed by atoms with Crippen LogP contribution in [0.1, 0.15) is 43.2 Å². The van der Waals surface area contributed by atoms with Gasteiger partial charge >= 0.3 is 6.18 Å². The molecule has 0 radical (unpaired) electrons. The van der Waals surface area contributed by atoms with Gasteiger partial charge in [0.05, 0.1) is 37.0 Å². The molecule has 1 aromatic rings. The van der Waals surface area contributed by atoms with E-state index < -0.39 is 11.7 Å². The van der Waals surface area contributed by atoms with Gasteiger partial charge in [0.2, 0.25) is 5.91 Å². The third kappa shape index (κ3) is 5.03. The van der Waals surface area contributed by atoms with Crippen LogP contribution >= 0.6 is 0 Å². The highest BCUT2D eigenvalue weighted by Crippen LogP contribution is 2.47. The maximum absolute atomic E-state index is 13.5. The minimum Gasteiger partial charge on any atom is -0.382 e. The van der Waals surface area contributed by atoms with E-state index in [1.165, 1.54) is 6.07 Å². The van der Waals surface area contributed by atoms with Crippen molar-refractivity contribution in [1.82, 2.24) is 4.90 Å². The van der Waals surface area contributed by atoms with E-state index in [2.05, 4.69) is 0 Å². The SMILES string of the molecule is COCCOCC1CN(c2ccc(C#N)c(C(F)(F)F)c2)CC12CCN(C(=O)C1CCC1)CC2. The van der Waals surface area contributed by atoms with Crippen LogP contribution in [0.3, 0.4) is 0 Å². The van der Waals surface area contributed by atoms with Crippen LogP contribution in [-0.2, 0) is 20.4 Å². The third-order valence-corrected chi connectivity index (χ3v) is 7.88. The van der Waals surface area contributed by atoms with Crippen molar-refractivity contribution in [3.63, 3.8) is 0 Å². The minimum atomic E-state index is -4.59. The maximum atomic E-state index is 13.5. The van der Waals surface area contributed by atoms with Gasteiger partial charge in [-0.3, -0.25) is 4.79 Å². The predicted octanol–water partition coefficient (Wildman–Crippen LogP) is 4.09. The predicted molar refractivity (Wildman–Crippen MR) is 120 cm³/mol. The number of alkyl halides is 3. The van der Waals surface area contributed by atoms with Crippen molar-refractivity contribution in [1.29, 1.82) is 5.26 Å². The molecular formula is C25H32F3N3O3. The first-order valence-corrected chi connectivity index (χ1v) is 12.0. The Morgan fingerprint density at radius 2 is 1.97 bits per heavy atom. The van der Waals surface area contributed by atoms with Gasteiger partial charge in [-0.05, 0) is 49.3 Å². The molecule has 9 heteroatoms. The fourth-order valence-corrected chi connectivity index (χ4v) is 5.54. The van der Waals surface area contributed by atoms with E-state index in [9.17, 15) is 18.0 Å². The van der Waals surface area contributed by atoms with Crippen molar-refractivity contribution < 1.29 is 27.4 Å². The lowest BCUT2D eigenvalue weighted by Crippen LogP contribution is -2.49. The maximum Gasteiger partial charge on any atom is 0.417 e. The highest BCUT2D eigenvalue weighted by Gasteiger charge is 2.49. The molecule has 2 heterocycles. The molecule has 34 heavy (non-hydrogen) atoms. The zero-order valence-corrected chi connectivity index (χ0v) is 19.6. The molecule has 6 nitrogen and oxygen atoms in total. The Morgan fingerprint density at radius 3 is 2.56 bits per heavy atom. The molecule has 1 saturated carbocycles. The second-order valence-electron chi connectivity index (χ2n) is 9.80. The number of anilines is 1. The fourth-order valence-electron chi connectivity index (χ4n) is 5.54. The lowest BCUT2D eigenvalue weighted by Gasteiger charge is -2.44. The van der Waals surface area contributed by atoms with E-state index >= 15 is 0 Å². The van der Waals surface area contributed by atoms with Gasteiger partial charge in [0.1, 0.15) is 0 Å². The van der Waals surface area contributed by atoms with Crippen LogP contribution in [0.15, 0.2) is 18.2 Å². The van der Waals surface area contributed by atoms with E-state index in [1.807, 2.05) is 9.80 Å². The highest BCUT2D eigenvalue weighted by atomic mass is 19.4. The lowest BCUT2D eigenvalue weighted by atomic mass is 9.70. The minimum absolute atomic E-state index is 0.129. The smallest absolute Gasteiger partial charge is 0.382 e. The summed E-state index contributed by atoms with van der Waals surface area (Å²) in [7, 11) is 1.61. The molecule has 4 rings (SSSR count). The van der Waals surface area contributed by atoms with Crippen LogP contribution in [0.25, 0.3) is 0 Å². The normalized spacial score (nSPS) is 22.6. The molecule has 2 aliphatic heterocycles. The van der Waals surface area contributed by atoms with Gasteiger partial charge in [0.15, 0.2) is 0 Å². The Hall–Kier alpha value is -2.31. The van der Waals surface area contributed by atoms with Crippen LogP contribution in [0, 0.1) is 28.6 Å². The van der Waals surface area contributed by atoms with Crippen LogP contribution < -0.4 is 4.90 Å². The second-order valence-corrected chi connectivity index (χ2v) is 9.80. The Balaban J connectivity index is 1.52. The standard InChI is InChI=1S/C25H32F3N3O3/c1-33-11-12-34-16-20-15-31(21-6-5-19(14-29)22(13-21)25(26,27)28)17-24(20)7-9-30(10-8-24)23(32)18-3-2-4-18/h5-6,13,18,20H,2-4,7-12,15-17H2,1H3. The highest BCUT2D eigenvalue weighted by molar-refractivity contribution is 5.79. The average molecular weight is 480 g/mol. The number of methoxy groups -OCH3 is 1. The summed E-state index contributed by atoms with van der Waals surface area (Å²) in [6, 6.07) is 5.60. The van der Waals surface area contributed by atoms with Crippen LogP contribution in [-0.4, -0.2) is 63.9 Å². The number of nitrogens with zero attached hydrogens (tertiary/aromatic N) is 3. The molecule has 1 aliphatic carbocycles. The molecule has 3 fully saturated rings. The molecular weight excluding hydrogens is 447 g/mol. The molecule has 1 amide bonds. The number of likely N-dealkylation sites (tertiary alicyclic amines) is 1. The van der Waals surface area contributed by atoms with Crippen molar-refractivity contribution in [2.45, 2.75) is 38.3 Å². The molecule has 1 spiro atoms. The van der Waals surface area contributed by atoms with E-state index in [0.717, 1.165) is 38.2 Å². The molecule has 0 aromatic heterocycles. The number of carbonyl (C=O) groups excluding carboxylic acids is 1. The topological polar surface area (TPSA) is 65.8 Å². The summed E-state index contributed by atoms with van der Waals surface area (Å²) in [5, 5.41) is 9.13. The number of nitriles is 1. The summed E-state index contributed by atoms with van der Waals surface area (Å²) in [5.74, 6) is 0.558. The Kier molecular flexibility index (Phi) is 7.39. The van der Waals surface area contributed by atoms with Gasteiger partial charge in [-0.2, -0.15) is 18.4 Å². The summed E-state index contributed by atoms with van der Waals surface area (Å²) in [6.07, 6.45) is 0.100. The zero-order chi connectivity index (χ0) is 24.3. The average Bonchev–Trinajstić information content (AvgIpc) is 3.12. The molecule has 0 bridgehead atoms. The monoisotopic (exact) mass is 479 g/mol. The second kappa shape index (κ2) is 10.1. The summed E-state index contributed by atoms with van der Waals surface area (Å²) < 4.78 is 51.6. The number of amides is 1. The Labute approximate surface area is 198 Å². The van der Waals surface area contributed by atoms with E-state index in [4.69, 9.17) is 14.7 Å². The molecule has 3 aliphatic rings. The number of rotatable bonds is 7. The first kappa shape index (κ1) is 24.8. The summed E-state index contributed by atoms with van der Waals surface area (Å²) >= 11 is 0. The summed E-state index contributed by atoms with van der Waals surface area (Å²) in [5.41, 5.74) is -0.928. The Morgan fingerprint density at radius 1 is 1.24 bits per heavy atom. The summed E-state index contributed by atoms with van der Waals surface area (Å²) in [6.45, 7) is 3.99. The number of halogens is 3. The zero-order valence-electron chi connectivity index (χ0n) is 19.6. The van der Waals surface area contributed by atoms with Gasteiger partial charge in [-0.25, -0.2) is 0 Å². The van der Waals surface area contributed by atoms with Gasteiger partial charge in [-0.15, -0.1) is 0 Å². The largest absolute Gasteiger partial charge is 0.417 e. The first-order chi connectivity index (χ1) is 16.3. The number of carbonyl (C=O) groups is 1. The Bertz CT molecular complexity index is 918. The number of hydrogen-bond donors (Lipinski definition) is 0. The van der Waals surface area contributed by atoms with E-state index in [-0.39, 0.29) is 28.7 Å². The van der Waals surface area contributed by atoms with Gasteiger partial charge in [0.25, 0.3) is 0 Å². The van der Waals surface area contributed by atoms with Crippen molar-refractivity contribution in [2.24, 2.45) is 17.3 Å². The van der Waals surface area contributed by atoms with Gasteiger partial charge < -0.3 is 19.3 Å². The lowest BCUT2D eigenvalue weighted by molar-refractivity contribution is -0.141. The number of piperidine rings is 1. The molecule has 2 saturated heterocycles. The number of benzene rings is 1. The fraction of sp³-hybridized carbons (Fsp3) is 0.680. The molecule has 1 unspecified atom stereocenters. The first-order valence-electron chi connectivity index (χ1n) is 12.0. The van der Waals surface area contributed by atoms with Crippen molar-refractivity contribution in [2.75, 3.05) is 58.0 Å². The quantitative estimate of drug-likeness (QED) is 0.552. The van der Waals surface area contributed by atoms with Crippen LogP contribution in [0.4, 0.5) is 18.9 Å². The molecule has 186 valence electrons. The third-order valence-electron chi connectivity index (χ3n) is 7.88. The molecule has 1 atom stereocenters. The van der Waals surface area contributed by atoms with E-state index in [0.29, 0.717) is 51.7 Å². The van der Waals surface area contributed by atoms with Gasteiger partial charge in [-0.1, -0.05) is 6.42 Å². The summed E-state index contributed by atoms with van der Waals surface area (Å²) in [4.78, 5) is 16.7. The van der Waals surface area contributed by atoms with Crippen molar-refractivity contribution in [3.05, 3.63) is 29.3 Å². The van der Waals surface area contributed by atoms with Crippen LogP contribution in [0.5, 0.6) is 0 Å². The molecule has 1 aromatic carbocycles. The number of hydrogen-bond acceptors (Lipinski definition) is 5.